The lowest BCUT2D eigenvalue weighted by molar-refractivity contribution is -0.122. The summed E-state index contributed by atoms with van der Waals surface area (Å²) in [6.45, 7) is 3.02. The summed E-state index contributed by atoms with van der Waals surface area (Å²) in [5, 5.41) is 3.46. The molecule has 0 radical (unpaired) electrons. The first-order valence-corrected chi connectivity index (χ1v) is 9.05. The van der Waals surface area contributed by atoms with Gasteiger partial charge in [0.2, 0.25) is 0 Å². The van der Waals surface area contributed by atoms with Crippen molar-refractivity contribution in [2.75, 3.05) is 18.5 Å². The zero-order valence-electron chi connectivity index (χ0n) is 14.6. The highest BCUT2D eigenvalue weighted by atomic mass is 35.5. The van der Waals surface area contributed by atoms with Crippen molar-refractivity contribution in [3.63, 3.8) is 0 Å². The van der Waals surface area contributed by atoms with Crippen LogP contribution in [0.4, 0.5) is 5.69 Å². The van der Waals surface area contributed by atoms with E-state index in [1.807, 2.05) is 18.2 Å². The van der Waals surface area contributed by atoms with Crippen LogP contribution < -0.4 is 14.8 Å². The van der Waals surface area contributed by atoms with E-state index in [-0.39, 0.29) is 12.0 Å². The third-order valence-corrected chi connectivity index (χ3v) is 4.31. The van der Waals surface area contributed by atoms with E-state index in [0.717, 1.165) is 19.4 Å². The average Bonchev–Trinajstić information content (AvgIpc) is 3.16. The minimum atomic E-state index is -0.646. The molecule has 138 valence electrons. The summed E-state index contributed by atoms with van der Waals surface area (Å²) in [4.78, 5) is 12.3. The molecule has 1 saturated heterocycles. The third kappa shape index (κ3) is 5.38. The molecule has 0 aliphatic carbocycles. The molecule has 0 spiro atoms. The Hall–Kier alpha value is -2.24. The van der Waals surface area contributed by atoms with Crippen LogP contribution in [0.25, 0.3) is 0 Å². The molecule has 1 fully saturated rings. The number of benzene rings is 2. The second-order valence-corrected chi connectivity index (χ2v) is 6.61. The Balaban J connectivity index is 1.52. The molecule has 1 aliphatic rings. The minimum absolute atomic E-state index is 0.154. The van der Waals surface area contributed by atoms with Gasteiger partial charge in [-0.05, 0) is 56.2 Å². The maximum Gasteiger partial charge on any atom is 0.265 e. The van der Waals surface area contributed by atoms with Crippen LogP contribution in [-0.2, 0) is 9.53 Å². The highest BCUT2D eigenvalue weighted by Crippen LogP contribution is 2.21. The lowest BCUT2D eigenvalue weighted by Crippen LogP contribution is -2.30. The molecule has 6 heteroatoms. The van der Waals surface area contributed by atoms with Gasteiger partial charge in [-0.2, -0.15) is 0 Å². The normalized spacial score (nSPS) is 17.5. The fourth-order valence-electron chi connectivity index (χ4n) is 2.64. The smallest absolute Gasteiger partial charge is 0.265 e. The molecule has 0 aromatic heterocycles. The van der Waals surface area contributed by atoms with E-state index < -0.39 is 6.10 Å². The number of anilines is 1. The van der Waals surface area contributed by atoms with Crippen LogP contribution in [0.3, 0.4) is 0 Å². The van der Waals surface area contributed by atoms with Crippen molar-refractivity contribution in [2.24, 2.45) is 0 Å². The Morgan fingerprint density at radius 3 is 2.81 bits per heavy atom. The van der Waals surface area contributed by atoms with E-state index in [1.54, 1.807) is 37.3 Å². The molecule has 26 heavy (non-hydrogen) atoms. The van der Waals surface area contributed by atoms with Gasteiger partial charge in [-0.25, -0.2) is 0 Å². The van der Waals surface area contributed by atoms with Gasteiger partial charge >= 0.3 is 0 Å². The highest BCUT2D eigenvalue weighted by molar-refractivity contribution is 6.30. The largest absolute Gasteiger partial charge is 0.491 e. The fraction of sp³-hybridized carbons (Fsp3) is 0.350. The van der Waals surface area contributed by atoms with Crippen LogP contribution >= 0.6 is 11.6 Å². The van der Waals surface area contributed by atoms with E-state index in [0.29, 0.717) is 28.8 Å². The molecule has 0 saturated carbocycles. The van der Waals surface area contributed by atoms with Crippen LogP contribution in [0, 0.1) is 0 Å². The predicted molar refractivity (Wildman–Crippen MR) is 101 cm³/mol. The van der Waals surface area contributed by atoms with E-state index in [2.05, 4.69) is 5.32 Å². The second-order valence-electron chi connectivity index (χ2n) is 6.18. The summed E-state index contributed by atoms with van der Waals surface area (Å²) in [7, 11) is 0. The van der Waals surface area contributed by atoms with E-state index in [4.69, 9.17) is 25.8 Å². The summed E-state index contributed by atoms with van der Waals surface area (Å²) in [5.41, 5.74) is 0.659. The third-order valence-electron chi connectivity index (χ3n) is 4.06. The number of nitrogens with one attached hydrogen (secondary N) is 1. The van der Waals surface area contributed by atoms with Gasteiger partial charge in [-0.3, -0.25) is 4.79 Å². The lowest BCUT2D eigenvalue weighted by Gasteiger charge is -2.16. The molecule has 2 aromatic rings. The summed E-state index contributed by atoms with van der Waals surface area (Å²) < 4.78 is 16.9. The van der Waals surface area contributed by atoms with E-state index >= 15 is 0 Å². The van der Waals surface area contributed by atoms with Gasteiger partial charge in [0.15, 0.2) is 6.10 Å². The Morgan fingerprint density at radius 1 is 1.27 bits per heavy atom. The van der Waals surface area contributed by atoms with E-state index in [1.165, 1.54) is 0 Å². The molecule has 3 rings (SSSR count). The summed E-state index contributed by atoms with van der Waals surface area (Å²) in [6, 6.07) is 14.2. The minimum Gasteiger partial charge on any atom is -0.491 e. The van der Waals surface area contributed by atoms with Gasteiger partial charge in [-0.15, -0.1) is 0 Å². The Labute approximate surface area is 158 Å². The molecule has 0 bridgehead atoms. The van der Waals surface area contributed by atoms with Crippen LogP contribution in [-0.4, -0.2) is 31.3 Å². The fourth-order valence-corrected chi connectivity index (χ4v) is 2.77. The number of carbonyl (C=O) groups excluding carboxylic acids is 1. The van der Waals surface area contributed by atoms with Crippen molar-refractivity contribution in [3.8, 4) is 11.5 Å². The first kappa shape index (κ1) is 18.5. The SMILES string of the molecule is C[C@@H](Oc1ccc(Cl)cc1)C(=O)Nc1cccc(OC[C@@H]2CCCO2)c1. The van der Waals surface area contributed by atoms with Crippen molar-refractivity contribution < 1.29 is 19.0 Å². The maximum atomic E-state index is 12.3. The highest BCUT2D eigenvalue weighted by Gasteiger charge is 2.17. The molecule has 1 heterocycles. The van der Waals surface area contributed by atoms with Gasteiger partial charge in [0.1, 0.15) is 18.1 Å². The monoisotopic (exact) mass is 375 g/mol. The van der Waals surface area contributed by atoms with E-state index in [9.17, 15) is 4.79 Å². The molecule has 5 nitrogen and oxygen atoms in total. The van der Waals surface area contributed by atoms with Crippen molar-refractivity contribution >= 4 is 23.2 Å². The topological polar surface area (TPSA) is 56.8 Å². The molecule has 0 unspecified atom stereocenters. The number of amides is 1. The summed E-state index contributed by atoms with van der Waals surface area (Å²) >= 11 is 5.85. The van der Waals surface area contributed by atoms with Crippen LogP contribution in [0.1, 0.15) is 19.8 Å². The first-order valence-electron chi connectivity index (χ1n) is 8.68. The predicted octanol–water partition coefficient (Wildman–Crippen LogP) is 4.30. The maximum absolute atomic E-state index is 12.3. The van der Waals surface area contributed by atoms with Crippen LogP contribution in [0.15, 0.2) is 48.5 Å². The van der Waals surface area contributed by atoms with Gasteiger partial charge in [0, 0.05) is 23.4 Å². The molecule has 2 atom stereocenters. The zero-order chi connectivity index (χ0) is 18.4. The van der Waals surface area contributed by atoms with Crippen molar-refractivity contribution in [2.45, 2.75) is 32.0 Å². The molecule has 1 amide bonds. The molecular formula is C20H22ClNO4. The van der Waals surface area contributed by atoms with Gasteiger partial charge < -0.3 is 19.5 Å². The van der Waals surface area contributed by atoms with Crippen molar-refractivity contribution in [1.82, 2.24) is 0 Å². The Morgan fingerprint density at radius 2 is 2.08 bits per heavy atom. The summed E-state index contributed by atoms with van der Waals surface area (Å²) in [6.07, 6.45) is 1.61. The number of halogens is 1. The average molecular weight is 376 g/mol. The summed E-state index contributed by atoms with van der Waals surface area (Å²) in [5.74, 6) is 1.05. The molecular weight excluding hydrogens is 354 g/mol. The standard InChI is InChI=1S/C20H22ClNO4/c1-14(26-17-9-7-15(21)8-10-17)20(23)22-16-4-2-5-18(12-16)25-13-19-6-3-11-24-19/h2,4-5,7-10,12,14,19H,3,6,11,13H2,1H3,(H,22,23)/t14-,19+/m1/s1. The zero-order valence-corrected chi connectivity index (χ0v) is 15.4. The number of carbonyl (C=O) groups is 1. The number of hydrogen-bond donors (Lipinski definition) is 1. The first-order chi connectivity index (χ1) is 12.6. The Kier molecular flexibility index (Phi) is 6.36. The number of hydrogen-bond acceptors (Lipinski definition) is 4. The van der Waals surface area contributed by atoms with Crippen LogP contribution in [0.2, 0.25) is 5.02 Å². The lowest BCUT2D eigenvalue weighted by atomic mass is 10.2. The van der Waals surface area contributed by atoms with Crippen molar-refractivity contribution in [3.05, 3.63) is 53.6 Å². The van der Waals surface area contributed by atoms with Crippen molar-refractivity contribution in [1.29, 1.82) is 0 Å². The van der Waals surface area contributed by atoms with Crippen LogP contribution in [0.5, 0.6) is 11.5 Å². The Bertz CT molecular complexity index is 729. The molecule has 1 aliphatic heterocycles. The van der Waals surface area contributed by atoms with Gasteiger partial charge in [-0.1, -0.05) is 17.7 Å². The second kappa shape index (κ2) is 8.92. The molecule has 1 N–H and O–H groups in total. The quantitative estimate of drug-likeness (QED) is 0.783. The number of rotatable bonds is 7. The number of ether oxygens (including phenoxy) is 3. The van der Waals surface area contributed by atoms with Gasteiger partial charge in [0.25, 0.3) is 5.91 Å². The van der Waals surface area contributed by atoms with Gasteiger partial charge in [0.05, 0.1) is 6.10 Å². The molecule has 2 aromatic carbocycles.